The first kappa shape index (κ1) is 14.0. The number of nitrogens with zero attached hydrogens (tertiary/aromatic N) is 2. The number of anilines is 1. The molecular formula is C11H13ClN4O2. The molecule has 2 aromatic heterocycles. The maximum Gasteiger partial charge on any atom is 0.358 e. The van der Waals surface area contributed by atoms with Gasteiger partial charge in [-0.1, -0.05) is 0 Å². The Kier molecular flexibility index (Phi) is 4.67. The Labute approximate surface area is 110 Å². The molecule has 6 nitrogen and oxygen atoms in total. The van der Waals surface area contributed by atoms with Crippen molar-refractivity contribution in [1.29, 1.82) is 0 Å². The highest BCUT2D eigenvalue weighted by atomic mass is 35.5. The van der Waals surface area contributed by atoms with Gasteiger partial charge in [0.15, 0.2) is 11.5 Å². The molecule has 3 N–H and O–H groups in total. The zero-order chi connectivity index (χ0) is 12.3. The van der Waals surface area contributed by atoms with Gasteiger partial charge in [-0.05, 0) is 19.1 Å². The van der Waals surface area contributed by atoms with E-state index in [1.807, 2.05) is 6.07 Å². The molecule has 18 heavy (non-hydrogen) atoms. The summed E-state index contributed by atoms with van der Waals surface area (Å²) in [4.78, 5) is 22.4. The molecule has 0 amide bonds. The lowest BCUT2D eigenvalue weighted by atomic mass is 10.3. The molecule has 0 atom stereocenters. The first-order valence-electron chi connectivity index (χ1n) is 5.15. The van der Waals surface area contributed by atoms with Crippen LogP contribution < -0.4 is 5.73 Å². The molecular weight excluding hydrogens is 256 g/mol. The number of aromatic nitrogens is 3. The van der Waals surface area contributed by atoms with Crippen molar-refractivity contribution in [2.45, 2.75) is 6.92 Å². The Balaban J connectivity index is 0.00000162. The van der Waals surface area contributed by atoms with E-state index in [0.717, 1.165) is 5.56 Å². The number of rotatable bonds is 3. The van der Waals surface area contributed by atoms with Crippen LogP contribution in [0.4, 0.5) is 5.82 Å². The van der Waals surface area contributed by atoms with Crippen molar-refractivity contribution in [1.82, 2.24) is 15.0 Å². The van der Waals surface area contributed by atoms with E-state index >= 15 is 0 Å². The zero-order valence-corrected chi connectivity index (χ0v) is 10.5. The summed E-state index contributed by atoms with van der Waals surface area (Å²) in [6.45, 7) is 2.02. The Morgan fingerprint density at radius 2 is 2.33 bits per heavy atom. The van der Waals surface area contributed by atoms with Gasteiger partial charge in [0.2, 0.25) is 0 Å². The molecule has 0 spiro atoms. The SMILES string of the molecule is CCOC(=O)c1[nH]c(-c2cccnc2)nc1N.Cl. The third-order valence-corrected chi connectivity index (χ3v) is 2.15. The molecule has 0 saturated heterocycles. The molecule has 0 aliphatic rings. The average molecular weight is 269 g/mol. The number of ether oxygens (including phenoxy) is 1. The van der Waals surface area contributed by atoms with Crippen molar-refractivity contribution in [2.24, 2.45) is 0 Å². The number of halogens is 1. The number of hydrogen-bond acceptors (Lipinski definition) is 5. The summed E-state index contributed by atoms with van der Waals surface area (Å²) in [7, 11) is 0. The quantitative estimate of drug-likeness (QED) is 0.826. The number of carbonyl (C=O) groups is 1. The second kappa shape index (κ2) is 6.02. The lowest BCUT2D eigenvalue weighted by molar-refractivity contribution is 0.0521. The minimum Gasteiger partial charge on any atom is -0.461 e. The predicted molar refractivity (Wildman–Crippen MR) is 69.4 cm³/mol. The summed E-state index contributed by atoms with van der Waals surface area (Å²) in [5.41, 5.74) is 6.58. The van der Waals surface area contributed by atoms with Gasteiger partial charge in [-0.2, -0.15) is 0 Å². The molecule has 7 heteroatoms. The molecule has 2 aromatic rings. The van der Waals surface area contributed by atoms with Crippen LogP contribution in [0.2, 0.25) is 0 Å². The summed E-state index contributed by atoms with van der Waals surface area (Å²) in [6, 6.07) is 3.60. The fourth-order valence-electron chi connectivity index (χ4n) is 1.39. The normalized spacial score (nSPS) is 9.61. The lowest BCUT2D eigenvalue weighted by Gasteiger charge is -1.98. The molecule has 0 aliphatic heterocycles. The smallest absolute Gasteiger partial charge is 0.358 e. The van der Waals surface area contributed by atoms with Crippen LogP contribution >= 0.6 is 12.4 Å². The van der Waals surface area contributed by atoms with Crippen molar-refractivity contribution in [3.63, 3.8) is 0 Å². The van der Waals surface area contributed by atoms with Crippen molar-refractivity contribution < 1.29 is 9.53 Å². The Morgan fingerprint density at radius 3 is 2.94 bits per heavy atom. The fourth-order valence-corrected chi connectivity index (χ4v) is 1.39. The minimum atomic E-state index is -0.507. The van der Waals surface area contributed by atoms with E-state index in [1.165, 1.54) is 0 Å². The maximum atomic E-state index is 11.5. The highest BCUT2D eigenvalue weighted by Crippen LogP contribution is 2.18. The third kappa shape index (κ3) is 2.78. The number of esters is 1. The van der Waals surface area contributed by atoms with Gasteiger partial charge < -0.3 is 15.5 Å². The maximum absolute atomic E-state index is 11.5. The lowest BCUT2D eigenvalue weighted by Crippen LogP contribution is -2.07. The van der Waals surface area contributed by atoms with E-state index in [-0.39, 0.29) is 23.9 Å². The number of aromatic amines is 1. The zero-order valence-electron chi connectivity index (χ0n) is 9.71. The van der Waals surface area contributed by atoms with Crippen molar-refractivity contribution in [2.75, 3.05) is 12.3 Å². The number of carbonyl (C=O) groups excluding carboxylic acids is 1. The Morgan fingerprint density at radius 1 is 1.56 bits per heavy atom. The summed E-state index contributed by atoms with van der Waals surface area (Å²) in [5, 5.41) is 0. The summed E-state index contributed by atoms with van der Waals surface area (Å²) in [6.07, 6.45) is 3.29. The summed E-state index contributed by atoms with van der Waals surface area (Å²) >= 11 is 0. The highest BCUT2D eigenvalue weighted by molar-refractivity contribution is 5.93. The monoisotopic (exact) mass is 268 g/mol. The molecule has 0 aromatic carbocycles. The second-order valence-electron chi connectivity index (χ2n) is 3.31. The molecule has 0 bridgehead atoms. The Hall–Kier alpha value is -2.08. The van der Waals surface area contributed by atoms with E-state index in [9.17, 15) is 4.79 Å². The van der Waals surface area contributed by atoms with E-state index in [0.29, 0.717) is 12.4 Å². The molecule has 2 rings (SSSR count). The predicted octanol–water partition coefficient (Wildman–Crippen LogP) is 1.65. The van der Waals surface area contributed by atoms with Gasteiger partial charge in [0.25, 0.3) is 0 Å². The summed E-state index contributed by atoms with van der Waals surface area (Å²) < 4.78 is 4.85. The molecule has 0 fully saturated rings. The number of H-pyrrole nitrogens is 1. The topological polar surface area (TPSA) is 93.9 Å². The van der Waals surface area contributed by atoms with Crippen LogP contribution in [0.25, 0.3) is 11.4 Å². The number of nitrogen functional groups attached to an aromatic ring is 1. The number of nitrogens with one attached hydrogen (secondary N) is 1. The molecule has 0 unspecified atom stereocenters. The van der Waals surface area contributed by atoms with Gasteiger partial charge in [-0.15, -0.1) is 12.4 Å². The number of imidazole rings is 1. The van der Waals surface area contributed by atoms with Crippen LogP contribution in [-0.2, 0) is 4.74 Å². The van der Waals surface area contributed by atoms with Gasteiger partial charge in [0.1, 0.15) is 5.82 Å². The van der Waals surface area contributed by atoms with Gasteiger partial charge >= 0.3 is 5.97 Å². The van der Waals surface area contributed by atoms with E-state index in [4.69, 9.17) is 10.5 Å². The van der Waals surface area contributed by atoms with E-state index < -0.39 is 5.97 Å². The van der Waals surface area contributed by atoms with E-state index in [1.54, 1.807) is 25.4 Å². The van der Waals surface area contributed by atoms with Crippen LogP contribution in [0.5, 0.6) is 0 Å². The van der Waals surface area contributed by atoms with Crippen LogP contribution in [0.15, 0.2) is 24.5 Å². The van der Waals surface area contributed by atoms with E-state index in [2.05, 4.69) is 15.0 Å². The number of nitrogens with two attached hydrogens (primary N) is 1. The molecule has 0 radical (unpaired) electrons. The van der Waals surface area contributed by atoms with Crippen molar-refractivity contribution in [3.8, 4) is 11.4 Å². The largest absolute Gasteiger partial charge is 0.461 e. The third-order valence-electron chi connectivity index (χ3n) is 2.15. The first-order valence-corrected chi connectivity index (χ1v) is 5.15. The van der Waals surface area contributed by atoms with Crippen LogP contribution in [0.3, 0.4) is 0 Å². The minimum absolute atomic E-state index is 0. The second-order valence-corrected chi connectivity index (χ2v) is 3.31. The standard InChI is InChI=1S/C11H12N4O2.ClH/c1-2-17-11(16)8-9(12)15-10(14-8)7-4-3-5-13-6-7;/h3-6H,2,12H2,1H3,(H,14,15);1H. The molecule has 2 heterocycles. The Bertz CT molecular complexity index is 527. The fraction of sp³-hybridized carbons (Fsp3) is 0.182. The number of hydrogen-bond donors (Lipinski definition) is 2. The van der Waals surface area contributed by atoms with Crippen LogP contribution in [0, 0.1) is 0 Å². The molecule has 96 valence electrons. The van der Waals surface area contributed by atoms with Gasteiger partial charge in [0.05, 0.1) is 6.61 Å². The van der Waals surface area contributed by atoms with Crippen molar-refractivity contribution >= 4 is 24.2 Å². The van der Waals surface area contributed by atoms with Gasteiger partial charge in [-0.25, -0.2) is 9.78 Å². The molecule has 0 aliphatic carbocycles. The van der Waals surface area contributed by atoms with Crippen LogP contribution in [-0.4, -0.2) is 27.5 Å². The van der Waals surface area contributed by atoms with Gasteiger partial charge in [-0.3, -0.25) is 4.98 Å². The van der Waals surface area contributed by atoms with Gasteiger partial charge in [0, 0.05) is 18.0 Å². The highest BCUT2D eigenvalue weighted by Gasteiger charge is 2.16. The van der Waals surface area contributed by atoms with Crippen LogP contribution in [0.1, 0.15) is 17.4 Å². The number of pyridine rings is 1. The molecule has 0 saturated carbocycles. The summed E-state index contributed by atoms with van der Waals surface area (Å²) in [5.74, 6) is 0.119. The average Bonchev–Trinajstić information content (AvgIpc) is 2.73. The first-order chi connectivity index (χ1) is 8.22. The van der Waals surface area contributed by atoms with Crippen molar-refractivity contribution in [3.05, 3.63) is 30.2 Å².